The summed E-state index contributed by atoms with van der Waals surface area (Å²) in [6, 6.07) is 1.85. The summed E-state index contributed by atoms with van der Waals surface area (Å²) in [4.78, 5) is 12.8. The van der Waals surface area contributed by atoms with E-state index in [0.29, 0.717) is 26.2 Å². The fraction of sp³-hybridized carbons (Fsp3) is 0.600. The Morgan fingerprint density at radius 3 is 3.19 bits per heavy atom. The number of aryl methyl sites for hydroxylation is 1. The van der Waals surface area contributed by atoms with Crippen LogP contribution in [0.2, 0.25) is 0 Å². The molecule has 1 aliphatic heterocycles. The molecule has 0 spiro atoms. The van der Waals surface area contributed by atoms with Crippen LogP contribution in [0.3, 0.4) is 0 Å². The number of hydrogen-bond acceptors (Lipinski definition) is 5. The monoisotopic (exact) mass is 226 g/mol. The number of carbonyl (C=O) groups is 1. The minimum Gasteiger partial charge on any atom is -0.479 e. The average molecular weight is 226 g/mol. The summed E-state index contributed by atoms with van der Waals surface area (Å²) in [6.45, 7) is 3.96. The Hall–Kier alpha value is -1.40. The van der Waals surface area contributed by atoms with Crippen molar-refractivity contribution in [1.29, 1.82) is 0 Å². The number of aromatic nitrogens is 1. The van der Waals surface area contributed by atoms with E-state index in [1.54, 1.807) is 0 Å². The second-order valence-corrected chi connectivity index (χ2v) is 3.87. The molecule has 1 atom stereocenters. The van der Waals surface area contributed by atoms with E-state index in [2.05, 4.69) is 5.16 Å². The molecule has 0 aliphatic carbocycles. The molecule has 16 heavy (non-hydrogen) atoms. The van der Waals surface area contributed by atoms with Crippen LogP contribution >= 0.6 is 0 Å². The van der Waals surface area contributed by atoms with Crippen LogP contribution in [0.25, 0.3) is 0 Å². The first kappa shape index (κ1) is 11.1. The zero-order chi connectivity index (χ0) is 11.5. The normalized spacial score (nSPS) is 22.2. The molecule has 1 aromatic rings. The van der Waals surface area contributed by atoms with Gasteiger partial charge in [-0.3, -0.25) is 4.90 Å². The van der Waals surface area contributed by atoms with Crippen molar-refractivity contribution < 1.29 is 19.2 Å². The van der Waals surface area contributed by atoms with Gasteiger partial charge in [-0.05, 0) is 6.92 Å². The molecule has 1 fully saturated rings. The maximum Gasteiger partial charge on any atom is 0.334 e. The standard InChI is InChI=1S/C10H14N2O4/c1-7-4-8(16-11-7)5-12-2-3-15-9(6-12)10(13)14/h4,9H,2-3,5-6H2,1H3,(H,13,14). The highest BCUT2D eigenvalue weighted by Gasteiger charge is 2.26. The Balaban J connectivity index is 1.92. The SMILES string of the molecule is Cc1cc(CN2CCOC(C(=O)O)C2)on1. The highest BCUT2D eigenvalue weighted by Crippen LogP contribution is 2.11. The van der Waals surface area contributed by atoms with E-state index in [0.717, 1.165) is 11.5 Å². The Kier molecular flexibility index (Phi) is 3.21. The lowest BCUT2D eigenvalue weighted by Gasteiger charge is -2.29. The van der Waals surface area contributed by atoms with Gasteiger partial charge in [-0.15, -0.1) is 0 Å². The molecule has 0 amide bonds. The molecule has 1 saturated heterocycles. The predicted molar refractivity (Wildman–Crippen MR) is 53.9 cm³/mol. The van der Waals surface area contributed by atoms with Crippen molar-refractivity contribution in [2.45, 2.75) is 19.6 Å². The lowest BCUT2D eigenvalue weighted by atomic mass is 10.2. The minimum absolute atomic E-state index is 0.384. The van der Waals surface area contributed by atoms with Crippen molar-refractivity contribution in [2.75, 3.05) is 19.7 Å². The highest BCUT2D eigenvalue weighted by atomic mass is 16.5. The van der Waals surface area contributed by atoms with E-state index in [9.17, 15) is 4.79 Å². The van der Waals surface area contributed by atoms with Gasteiger partial charge in [0.15, 0.2) is 11.9 Å². The molecule has 0 radical (unpaired) electrons. The maximum atomic E-state index is 10.8. The van der Waals surface area contributed by atoms with Gasteiger partial charge in [0.2, 0.25) is 0 Å². The molecule has 6 heteroatoms. The summed E-state index contributed by atoms with van der Waals surface area (Å²) in [5.74, 6) is -0.165. The van der Waals surface area contributed by atoms with Crippen LogP contribution in [-0.2, 0) is 16.1 Å². The zero-order valence-corrected chi connectivity index (χ0v) is 9.05. The Morgan fingerprint density at radius 2 is 2.56 bits per heavy atom. The van der Waals surface area contributed by atoms with Gasteiger partial charge < -0.3 is 14.4 Å². The number of aliphatic carboxylic acids is 1. The summed E-state index contributed by atoms with van der Waals surface area (Å²) in [5, 5.41) is 12.6. The molecule has 1 N–H and O–H groups in total. The van der Waals surface area contributed by atoms with E-state index in [-0.39, 0.29) is 0 Å². The van der Waals surface area contributed by atoms with Gasteiger partial charge in [0, 0.05) is 19.2 Å². The van der Waals surface area contributed by atoms with E-state index >= 15 is 0 Å². The van der Waals surface area contributed by atoms with E-state index in [4.69, 9.17) is 14.4 Å². The van der Waals surface area contributed by atoms with Gasteiger partial charge in [-0.2, -0.15) is 0 Å². The molecule has 88 valence electrons. The van der Waals surface area contributed by atoms with Crippen molar-refractivity contribution in [2.24, 2.45) is 0 Å². The smallest absolute Gasteiger partial charge is 0.334 e. The first-order valence-corrected chi connectivity index (χ1v) is 5.14. The van der Waals surface area contributed by atoms with Crippen molar-refractivity contribution in [1.82, 2.24) is 10.1 Å². The van der Waals surface area contributed by atoms with Gasteiger partial charge >= 0.3 is 5.97 Å². The van der Waals surface area contributed by atoms with Crippen LogP contribution in [0.5, 0.6) is 0 Å². The summed E-state index contributed by atoms with van der Waals surface area (Å²) in [6.07, 6.45) is -0.738. The highest BCUT2D eigenvalue weighted by molar-refractivity contribution is 5.72. The number of nitrogens with zero attached hydrogens (tertiary/aromatic N) is 2. The van der Waals surface area contributed by atoms with Gasteiger partial charge in [0.25, 0.3) is 0 Å². The molecule has 1 aliphatic rings. The predicted octanol–water partition coefficient (Wildman–Crippen LogP) is 0.268. The largest absolute Gasteiger partial charge is 0.479 e. The van der Waals surface area contributed by atoms with E-state index in [1.165, 1.54) is 0 Å². The minimum atomic E-state index is -0.918. The summed E-state index contributed by atoms with van der Waals surface area (Å²) < 4.78 is 10.2. The fourth-order valence-electron chi connectivity index (χ4n) is 1.71. The third kappa shape index (κ3) is 2.59. The van der Waals surface area contributed by atoms with Crippen LogP contribution < -0.4 is 0 Å². The number of ether oxygens (including phenoxy) is 1. The number of hydrogen-bond donors (Lipinski definition) is 1. The molecule has 0 bridgehead atoms. The molecule has 0 aromatic carbocycles. The third-order valence-electron chi connectivity index (χ3n) is 2.48. The quantitative estimate of drug-likeness (QED) is 0.797. The Bertz CT molecular complexity index is 377. The van der Waals surface area contributed by atoms with Gasteiger partial charge in [0.1, 0.15) is 0 Å². The van der Waals surface area contributed by atoms with Crippen molar-refractivity contribution >= 4 is 5.97 Å². The first-order valence-electron chi connectivity index (χ1n) is 5.14. The number of carboxylic acid groups (broad SMARTS) is 1. The Labute approximate surface area is 92.8 Å². The van der Waals surface area contributed by atoms with Crippen molar-refractivity contribution in [3.63, 3.8) is 0 Å². The van der Waals surface area contributed by atoms with Crippen molar-refractivity contribution in [3.8, 4) is 0 Å². The molecule has 0 saturated carbocycles. The molecule has 1 aromatic heterocycles. The second-order valence-electron chi connectivity index (χ2n) is 3.87. The number of morpholine rings is 1. The lowest BCUT2D eigenvalue weighted by Crippen LogP contribution is -2.45. The molecule has 1 unspecified atom stereocenters. The summed E-state index contributed by atoms with van der Waals surface area (Å²) in [7, 11) is 0. The number of carboxylic acids is 1. The fourth-order valence-corrected chi connectivity index (χ4v) is 1.71. The molecular formula is C10H14N2O4. The van der Waals surface area contributed by atoms with Crippen LogP contribution in [0.15, 0.2) is 10.6 Å². The average Bonchev–Trinajstić information content (AvgIpc) is 2.64. The number of rotatable bonds is 3. The molecule has 2 heterocycles. The third-order valence-corrected chi connectivity index (χ3v) is 2.48. The van der Waals surface area contributed by atoms with Crippen molar-refractivity contribution in [3.05, 3.63) is 17.5 Å². The molecular weight excluding hydrogens is 212 g/mol. The zero-order valence-electron chi connectivity index (χ0n) is 9.05. The van der Waals surface area contributed by atoms with Crippen LogP contribution in [0.1, 0.15) is 11.5 Å². The van der Waals surface area contributed by atoms with Gasteiger partial charge in [-0.25, -0.2) is 4.79 Å². The first-order chi connectivity index (χ1) is 7.65. The Morgan fingerprint density at radius 1 is 1.75 bits per heavy atom. The lowest BCUT2D eigenvalue weighted by molar-refractivity contribution is -0.156. The summed E-state index contributed by atoms with van der Waals surface area (Å²) in [5.41, 5.74) is 0.832. The molecule has 2 rings (SSSR count). The van der Waals surface area contributed by atoms with Gasteiger partial charge in [-0.1, -0.05) is 5.16 Å². The van der Waals surface area contributed by atoms with Crippen LogP contribution in [-0.4, -0.2) is 46.9 Å². The van der Waals surface area contributed by atoms with Gasteiger partial charge in [0.05, 0.1) is 18.8 Å². The second kappa shape index (κ2) is 4.63. The van der Waals surface area contributed by atoms with Crippen LogP contribution in [0.4, 0.5) is 0 Å². The topological polar surface area (TPSA) is 75.8 Å². The van der Waals surface area contributed by atoms with E-state index in [1.807, 2.05) is 17.9 Å². The van der Waals surface area contributed by atoms with Crippen LogP contribution in [0, 0.1) is 6.92 Å². The van der Waals surface area contributed by atoms with E-state index < -0.39 is 12.1 Å². The summed E-state index contributed by atoms with van der Waals surface area (Å²) >= 11 is 0. The maximum absolute atomic E-state index is 10.8. The molecule has 6 nitrogen and oxygen atoms in total.